The average Bonchev–Trinajstić information content (AvgIpc) is 3.30. The molecule has 0 saturated carbocycles. The molecule has 0 aliphatic carbocycles. The SMILES string of the molecule is [K].[RuH3].c1ccc(P(c2ccccc2)c2ccccc2)cc1.c1ccc(P(c2ccccc2)c2ccccc2)cc1.c1ccc(P(c2ccccc2)c2ccccc2)cc1. The molecular formula is C54H48KP3Ru. The molecule has 0 spiro atoms. The van der Waals surface area contributed by atoms with Gasteiger partial charge in [-0.15, -0.1) is 0 Å². The maximum Gasteiger partial charge on any atom is -0.0134 e. The Balaban J connectivity index is 0.000000165. The third-order valence-corrected chi connectivity index (χ3v) is 16.5. The first kappa shape index (κ1) is 46.6. The summed E-state index contributed by atoms with van der Waals surface area (Å²) in [6, 6.07) is 97.0. The number of benzene rings is 9. The van der Waals surface area contributed by atoms with E-state index in [0.29, 0.717) is 0 Å². The first-order chi connectivity index (χ1) is 28.3. The summed E-state index contributed by atoms with van der Waals surface area (Å²) in [6.07, 6.45) is 0. The van der Waals surface area contributed by atoms with Crippen molar-refractivity contribution in [3.05, 3.63) is 273 Å². The second-order valence-corrected chi connectivity index (χ2v) is 19.7. The van der Waals surface area contributed by atoms with E-state index in [1.165, 1.54) is 47.7 Å². The summed E-state index contributed by atoms with van der Waals surface area (Å²) in [7, 11) is -1.34. The molecule has 0 amide bonds. The van der Waals surface area contributed by atoms with Crippen molar-refractivity contribution in [2.24, 2.45) is 0 Å². The minimum Gasteiger partial charge on any atom is -0.0622 e. The number of rotatable bonds is 9. The average molecular weight is 930 g/mol. The Kier molecular flexibility index (Phi) is 20.5. The van der Waals surface area contributed by atoms with Crippen molar-refractivity contribution in [1.29, 1.82) is 0 Å². The van der Waals surface area contributed by atoms with E-state index in [-0.39, 0.29) is 70.9 Å². The Bertz CT molecular complexity index is 1870. The van der Waals surface area contributed by atoms with Gasteiger partial charge < -0.3 is 0 Å². The van der Waals surface area contributed by atoms with Crippen LogP contribution in [0.3, 0.4) is 0 Å². The maximum atomic E-state index is 2.23. The van der Waals surface area contributed by atoms with Gasteiger partial charge >= 0.3 is 19.5 Å². The summed E-state index contributed by atoms with van der Waals surface area (Å²) >= 11 is 0. The van der Waals surface area contributed by atoms with Crippen molar-refractivity contribution in [3.63, 3.8) is 0 Å². The topological polar surface area (TPSA) is 0 Å². The fourth-order valence-electron chi connectivity index (χ4n) is 6.54. The zero-order valence-corrected chi connectivity index (χ0v) is 41.3. The van der Waals surface area contributed by atoms with Gasteiger partial charge in [-0.3, -0.25) is 0 Å². The second kappa shape index (κ2) is 26.0. The van der Waals surface area contributed by atoms with E-state index in [1.54, 1.807) is 0 Å². The molecule has 9 aromatic rings. The Labute approximate surface area is 410 Å². The van der Waals surface area contributed by atoms with E-state index in [9.17, 15) is 0 Å². The minimum absolute atomic E-state index is 0. The molecule has 0 aliphatic rings. The fourth-order valence-corrected chi connectivity index (χ4v) is 13.5. The number of hydrogen-bond donors (Lipinski definition) is 0. The first-order valence-electron chi connectivity index (χ1n) is 19.2. The van der Waals surface area contributed by atoms with E-state index in [4.69, 9.17) is 0 Å². The van der Waals surface area contributed by atoms with Gasteiger partial charge in [0.1, 0.15) is 0 Å². The third-order valence-electron chi connectivity index (χ3n) is 9.13. The molecule has 59 heavy (non-hydrogen) atoms. The molecule has 0 aliphatic heterocycles. The smallest absolute Gasteiger partial charge is 0.0134 e. The molecule has 0 unspecified atom stereocenters. The van der Waals surface area contributed by atoms with E-state index in [0.717, 1.165) is 0 Å². The third kappa shape index (κ3) is 13.8. The molecule has 0 heterocycles. The summed E-state index contributed by atoms with van der Waals surface area (Å²) in [4.78, 5) is 0. The maximum absolute atomic E-state index is 2.23. The van der Waals surface area contributed by atoms with Crippen molar-refractivity contribution in [1.82, 2.24) is 0 Å². The van der Waals surface area contributed by atoms with Crippen molar-refractivity contribution in [2.75, 3.05) is 0 Å². The van der Waals surface area contributed by atoms with Gasteiger partial charge in [0.05, 0.1) is 0 Å². The molecule has 9 rings (SSSR count). The molecule has 9 aromatic carbocycles. The van der Waals surface area contributed by atoms with Gasteiger partial charge in [0.15, 0.2) is 0 Å². The van der Waals surface area contributed by atoms with Gasteiger partial charge in [-0.1, -0.05) is 273 Å². The molecule has 288 valence electrons. The minimum atomic E-state index is -0.446. The summed E-state index contributed by atoms with van der Waals surface area (Å²) < 4.78 is 0. The van der Waals surface area contributed by atoms with Crippen LogP contribution in [-0.2, 0) is 19.5 Å². The molecule has 0 N–H and O–H groups in total. The van der Waals surface area contributed by atoms with E-state index in [2.05, 4.69) is 273 Å². The quantitative estimate of drug-likeness (QED) is 0.100. The first-order valence-corrected chi connectivity index (χ1v) is 23.2. The van der Waals surface area contributed by atoms with Crippen molar-refractivity contribution < 1.29 is 19.5 Å². The van der Waals surface area contributed by atoms with Crippen LogP contribution in [0.4, 0.5) is 0 Å². The Morgan fingerprint density at radius 2 is 0.237 bits per heavy atom. The van der Waals surface area contributed by atoms with E-state index >= 15 is 0 Å². The molecule has 5 heteroatoms. The van der Waals surface area contributed by atoms with Gasteiger partial charge in [-0.05, 0) is 71.5 Å². The van der Waals surface area contributed by atoms with Crippen LogP contribution in [0.5, 0.6) is 0 Å². The summed E-state index contributed by atoms with van der Waals surface area (Å²) in [6.45, 7) is 0. The zero-order valence-electron chi connectivity index (χ0n) is 33.3. The Hall–Kier alpha value is -3.47. The Morgan fingerprint density at radius 3 is 0.322 bits per heavy atom. The Morgan fingerprint density at radius 1 is 0.153 bits per heavy atom. The van der Waals surface area contributed by atoms with Crippen LogP contribution in [0.25, 0.3) is 0 Å². The molecule has 0 saturated heterocycles. The predicted molar refractivity (Wildman–Crippen MR) is 265 cm³/mol. The molecule has 0 fully saturated rings. The van der Waals surface area contributed by atoms with Crippen LogP contribution >= 0.6 is 23.8 Å². The van der Waals surface area contributed by atoms with Gasteiger partial charge in [0.25, 0.3) is 0 Å². The summed E-state index contributed by atoms with van der Waals surface area (Å²) in [5.41, 5.74) is 0. The van der Waals surface area contributed by atoms with Crippen LogP contribution < -0.4 is 47.7 Å². The van der Waals surface area contributed by atoms with Crippen LogP contribution in [0.2, 0.25) is 0 Å². The normalized spacial score (nSPS) is 10.2. The predicted octanol–water partition coefficient (Wildman–Crippen LogP) is 9.15. The second-order valence-electron chi connectivity index (χ2n) is 13.0. The molecule has 1 radical (unpaired) electrons. The van der Waals surface area contributed by atoms with Gasteiger partial charge in [0.2, 0.25) is 0 Å². The molecule has 0 nitrogen and oxygen atoms in total. The number of hydrogen-bond acceptors (Lipinski definition) is 0. The summed E-state index contributed by atoms with van der Waals surface area (Å²) in [5, 5.41) is 12.6. The van der Waals surface area contributed by atoms with Crippen molar-refractivity contribution in [2.45, 2.75) is 0 Å². The van der Waals surface area contributed by atoms with Crippen molar-refractivity contribution in [3.8, 4) is 0 Å². The van der Waals surface area contributed by atoms with Gasteiger partial charge in [-0.2, -0.15) is 0 Å². The molecule has 0 bridgehead atoms. The van der Waals surface area contributed by atoms with Gasteiger partial charge in [-0.25, -0.2) is 0 Å². The molecule has 0 aromatic heterocycles. The summed E-state index contributed by atoms with van der Waals surface area (Å²) in [5.74, 6) is 0. The standard InChI is InChI=1S/3C18H15P.K.Ru.3H/c3*1-4-10-16(11-5-1)19(17-12-6-2-7-13-17)18-14-8-3-9-15-18;;;;;/h3*1-15H;;;;;. The van der Waals surface area contributed by atoms with Crippen LogP contribution in [0.15, 0.2) is 273 Å². The van der Waals surface area contributed by atoms with E-state index in [1.807, 2.05) is 0 Å². The monoisotopic (exact) mass is 930 g/mol. The fraction of sp³-hybridized carbons (Fsp3) is 0. The van der Waals surface area contributed by atoms with Gasteiger partial charge in [0, 0.05) is 51.4 Å². The molecule has 0 atom stereocenters. The van der Waals surface area contributed by atoms with Crippen molar-refractivity contribution >= 4 is 123 Å². The molecular weight excluding hydrogens is 882 g/mol. The largest absolute Gasteiger partial charge is 0.0622 e. The zero-order chi connectivity index (χ0) is 38.7. The van der Waals surface area contributed by atoms with Crippen LogP contribution in [0.1, 0.15) is 0 Å². The van der Waals surface area contributed by atoms with Crippen LogP contribution in [-0.4, -0.2) is 51.4 Å². The van der Waals surface area contributed by atoms with E-state index < -0.39 is 23.8 Å². The van der Waals surface area contributed by atoms with Crippen LogP contribution in [0, 0.1) is 0 Å².